The molecule has 0 aliphatic carbocycles. The highest BCUT2D eigenvalue weighted by Crippen LogP contribution is 2.21. The van der Waals surface area contributed by atoms with Crippen LogP contribution < -0.4 is 10.6 Å². The molecule has 2 aromatic carbocycles. The van der Waals surface area contributed by atoms with Crippen molar-refractivity contribution < 1.29 is 14.4 Å². The van der Waals surface area contributed by atoms with Crippen LogP contribution in [0.5, 0.6) is 0 Å². The van der Waals surface area contributed by atoms with Crippen molar-refractivity contribution in [1.29, 1.82) is 0 Å². The molecule has 0 saturated carbocycles. The fourth-order valence-electron chi connectivity index (χ4n) is 3.24. The third kappa shape index (κ3) is 6.58. The van der Waals surface area contributed by atoms with Gasteiger partial charge in [0.25, 0.3) is 0 Å². The second kappa shape index (κ2) is 10.4. The molecule has 6 heteroatoms. The van der Waals surface area contributed by atoms with Gasteiger partial charge in [-0.05, 0) is 50.5 Å². The number of likely N-dealkylation sites (N-methyl/N-ethyl adjacent to an activating group) is 1. The average Bonchev–Trinajstić information content (AvgIpc) is 2.69. The molecular formula is C24H29N3O3. The number of carbonyl (C=O) groups is 3. The lowest BCUT2D eigenvalue weighted by Gasteiger charge is -2.22. The third-order valence-corrected chi connectivity index (χ3v) is 4.65. The van der Waals surface area contributed by atoms with E-state index in [9.17, 15) is 14.4 Å². The third-order valence-electron chi connectivity index (χ3n) is 4.65. The zero-order valence-corrected chi connectivity index (χ0v) is 18.2. The molecule has 0 aliphatic heterocycles. The van der Waals surface area contributed by atoms with Gasteiger partial charge in [0.15, 0.2) is 0 Å². The summed E-state index contributed by atoms with van der Waals surface area (Å²) < 4.78 is 0. The summed E-state index contributed by atoms with van der Waals surface area (Å²) in [5, 5.41) is 5.51. The quantitative estimate of drug-likeness (QED) is 0.692. The maximum Gasteiger partial charge on any atom is 0.245 e. The zero-order valence-electron chi connectivity index (χ0n) is 18.2. The van der Waals surface area contributed by atoms with Crippen LogP contribution in [0.3, 0.4) is 0 Å². The number of hydrogen-bond acceptors (Lipinski definition) is 3. The summed E-state index contributed by atoms with van der Waals surface area (Å²) in [6, 6.07) is 12.7. The summed E-state index contributed by atoms with van der Waals surface area (Å²) in [7, 11) is 1.54. The van der Waals surface area contributed by atoms with Crippen molar-refractivity contribution in [3.8, 4) is 0 Å². The van der Waals surface area contributed by atoms with E-state index in [1.54, 1.807) is 20.0 Å². The fraction of sp³-hybridized carbons (Fsp3) is 0.292. The highest BCUT2D eigenvalue weighted by Gasteiger charge is 2.21. The minimum absolute atomic E-state index is 0.106. The molecule has 0 heterocycles. The van der Waals surface area contributed by atoms with Crippen molar-refractivity contribution in [3.05, 3.63) is 70.8 Å². The molecule has 6 nitrogen and oxygen atoms in total. The largest absolute Gasteiger partial charge is 0.341 e. The van der Waals surface area contributed by atoms with Crippen LogP contribution in [0.4, 0.5) is 5.69 Å². The number of amides is 3. The van der Waals surface area contributed by atoms with Crippen LogP contribution in [-0.2, 0) is 14.4 Å². The number of carbonyl (C=O) groups excluding carboxylic acids is 3. The summed E-state index contributed by atoms with van der Waals surface area (Å²) in [6.07, 6.45) is 3.06. The molecule has 1 unspecified atom stereocenters. The molecule has 0 spiro atoms. The molecule has 2 aromatic rings. The molecule has 1 atom stereocenters. The number of rotatable bonds is 7. The Morgan fingerprint density at radius 1 is 1.03 bits per heavy atom. The Kier molecular flexibility index (Phi) is 7.92. The zero-order chi connectivity index (χ0) is 22.3. The Morgan fingerprint density at radius 2 is 1.63 bits per heavy atom. The topological polar surface area (TPSA) is 78.5 Å². The van der Waals surface area contributed by atoms with Crippen molar-refractivity contribution in [3.63, 3.8) is 0 Å². The van der Waals surface area contributed by atoms with Gasteiger partial charge in [0.1, 0.15) is 6.04 Å². The molecule has 30 heavy (non-hydrogen) atoms. The van der Waals surface area contributed by atoms with Gasteiger partial charge in [-0.2, -0.15) is 0 Å². The van der Waals surface area contributed by atoms with Gasteiger partial charge in [-0.25, -0.2) is 0 Å². The maximum atomic E-state index is 12.5. The van der Waals surface area contributed by atoms with E-state index in [0.29, 0.717) is 0 Å². The number of nitrogens with one attached hydrogen (secondary N) is 2. The number of aryl methyl sites for hydroxylation is 3. The molecule has 2 N–H and O–H groups in total. The Hall–Kier alpha value is -3.41. The van der Waals surface area contributed by atoms with Crippen molar-refractivity contribution in [2.75, 3.05) is 18.9 Å². The van der Waals surface area contributed by atoms with Gasteiger partial charge >= 0.3 is 0 Å². The van der Waals surface area contributed by atoms with Gasteiger partial charge in [0, 0.05) is 18.8 Å². The van der Waals surface area contributed by atoms with Crippen molar-refractivity contribution >= 4 is 29.5 Å². The summed E-state index contributed by atoms with van der Waals surface area (Å²) in [5.41, 5.74) is 4.73. The maximum absolute atomic E-state index is 12.5. The van der Waals surface area contributed by atoms with E-state index >= 15 is 0 Å². The first-order valence-electron chi connectivity index (χ1n) is 9.83. The first kappa shape index (κ1) is 22.9. The smallest absolute Gasteiger partial charge is 0.245 e. The number of anilines is 1. The molecule has 0 aliphatic rings. The van der Waals surface area contributed by atoms with Crippen molar-refractivity contribution in [1.82, 2.24) is 10.2 Å². The second-order valence-electron chi connectivity index (χ2n) is 7.49. The van der Waals surface area contributed by atoms with E-state index < -0.39 is 6.04 Å². The molecule has 0 saturated heterocycles. The van der Waals surface area contributed by atoms with Gasteiger partial charge in [0.2, 0.25) is 17.7 Å². The van der Waals surface area contributed by atoms with Crippen LogP contribution in [0.2, 0.25) is 0 Å². The van der Waals surface area contributed by atoms with Gasteiger partial charge < -0.3 is 15.5 Å². The van der Waals surface area contributed by atoms with E-state index in [2.05, 4.69) is 10.6 Å². The molecular weight excluding hydrogens is 378 g/mol. The molecule has 0 bridgehead atoms. The SMILES string of the molecule is Cc1cc(C)c(NC(=O)CN(C)C(=O)C(C)NC(=O)/C=C/c2ccccc2)c(C)c1. The molecule has 0 radical (unpaired) electrons. The molecule has 0 aromatic heterocycles. The lowest BCUT2D eigenvalue weighted by Crippen LogP contribution is -2.47. The van der Waals surface area contributed by atoms with Crippen LogP contribution in [0.1, 0.15) is 29.2 Å². The van der Waals surface area contributed by atoms with Crippen LogP contribution in [0.15, 0.2) is 48.5 Å². The molecule has 3 amide bonds. The monoisotopic (exact) mass is 407 g/mol. The van der Waals surface area contributed by atoms with E-state index in [1.807, 2.05) is 63.2 Å². The van der Waals surface area contributed by atoms with Crippen LogP contribution >= 0.6 is 0 Å². The lowest BCUT2D eigenvalue weighted by atomic mass is 10.1. The minimum Gasteiger partial charge on any atom is -0.341 e. The predicted molar refractivity (Wildman–Crippen MR) is 120 cm³/mol. The Morgan fingerprint density at radius 3 is 2.23 bits per heavy atom. The fourth-order valence-corrected chi connectivity index (χ4v) is 3.24. The van der Waals surface area contributed by atoms with Gasteiger partial charge in [-0.15, -0.1) is 0 Å². The van der Waals surface area contributed by atoms with E-state index in [4.69, 9.17) is 0 Å². The van der Waals surface area contributed by atoms with Crippen LogP contribution in [-0.4, -0.2) is 42.3 Å². The Bertz CT molecular complexity index is 928. The number of hydrogen-bond donors (Lipinski definition) is 2. The highest BCUT2D eigenvalue weighted by molar-refractivity contribution is 5.98. The molecule has 0 fully saturated rings. The van der Waals surface area contributed by atoms with E-state index in [1.165, 1.54) is 11.0 Å². The molecule has 158 valence electrons. The summed E-state index contributed by atoms with van der Waals surface area (Å²) >= 11 is 0. The van der Waals surface area contributed by atoms with Crippen molar-refractivity contribution in [2.45, 2.75) is 33.7 Å². The molecule has 2 rings (SSSR count). The summed E-state index contributed by atoms with van der Waals surface area (Å²) in [5.74, 6) is -1.00. The predicted octanol–water partition coefficient (Wildman–Crippen LogP) is 3.23. The first-order chi connectivity index (χ1) is 14.2. The van der Waals surface area contributed by atoms with Gasteiger partial charge in [-0.3, -0.25) is 14.4 Å². The highest BCUT2D eigenvalue weighted by atomic mass is 16.2. The Balaban J connectivity index is 1.89. The first-order valence-corrected chi connectivity index (χ1v) is 9.83. The van der Waals surface area contributed by atoms with E-state index in [-0.39, 0.29) is 24.3 Å². The normalized spacial score (nSPS) is 11.8. The summed E-state index contributed by atoms with van der Waals surface area (Å²) in [4.78, 5) is 38.3. The average molecular weight is 408 g/mol. The number of benzene rings is 2. The lowest BCUT2D eigenvalue weighted by molar-refractivity contribution is -0.136. The minimum atomic E-state index is -0.751. The van der Waals surface area contributed by atoms with Gasteiger partial charge in [-0.1, -0.05) is 48.0 Å². The summed E-state index contributed by atoms with van der Waals surface area (Å²) in [6.45, 7) is 7.36. The second-order valence-corrected chi connectivity index (χ2v) is 7.49. The van der Waals surface area contributed by atoms with Crippen molar-refractivity contribution in [2.24, 2.45) is 0 Å². The van der Waals surface area contributed by atoms with Gasteiger partial charge in [0.05, 0.1) is 6.54 Å². The number of nitrogens with zero attached hydrogens (tertiary/aromatic N) is 1. The van der Waals surface area contributed by atoms with Crippen LogP contribution in [0, 0.1) is 20.8 Å². The van der Waals surface area contributed by atoms with E-state index in [0.717, 1.165) is 27.9 Å². The standard InChI is InChI=1S/C24H29N3O3/c1-16-13-17(2)23(18(3)14-16)26-22(29)15-27(5)24(30)19(4)25-21(28)12-11-20-9-7-6-8-10-20/h6-14,19H,15H2,1-5H3,(H,25,28)(H,26,29)/b12-11+. The Labute approximate surface area is 178 Å². The van der Waals surface area contributed by atoms with Crippen LogP contribution in [0.25, 0.3) is 6.08 Å².